The molecule has 1 aliphatic carbocycles. The van der Waals surface area contributed by atoms with Gasteiger partial charge in [-0.05, 0) is 49.1 Å². The largest absolute Gasteiger partial charge is 0.337 e. The lowest BCUT2D eigenvalue weighted by molar-refractivity contribution is -0.117. The molecule has 30 heavy (non-hydrogen) atoms. The molecule has 0 spiro atoms. The fraction of sp³-hybridized carbons (Fsp3) is 0.348. The minimum Gasteiger partial charge on any atom is -0.337 e. The minimum absolute atomic E-state index is 0.0854. The van der Waals surface area contributed by atoms with Crippen molar-refractivity contribution in [2.24, 2.45) is 5.92 Å². The lowest BCUT2D eigenvalue weighted by Crippen LogP contribution is -2.38. The molecule has 0 aliphatic heterocycles. The summed E-state index contributed by atoms with van der Waals surface area (Å²) in [6.07, 6.45) is 1.96. The van der Waals surface area contributed by atoms with Crippen LogP contribution in [0.5, 0.6) is 0 Å². The summed E-state index contributed by atoms with van der Waals surface area (Å²) in [6, 6.07) is 16.9. The van der Waals surface area contributed by atoms with E-state index in [4.69, 9.17) is 5.26 Å². The van der Waals surface area contributed by atoms with Gasteiger partial charge in [0.2, 0.25) is 5.91 Å². The summed E-state index contributed by atoms with van der Waals surface area (Å²) in [5, 5.41) is 17.8. The Hall–Kier alpha value is -2.98. The van der Waals surface area contributed by atoms with E-state index in [-0.39, 0.29) is 23.9 Å². The van der Waals surface area contributed by atoms with Gasteiger partial charge < -0.3 is 16.0 Å². The van der Waals surface area contributed by atoms with E-state index in [1.54, 1.807) is 11.8 Å². The summed E-state index contributed by atoms with van der Waals surface area (Å²) < 4.78 is 0. The average Bonchev–Trinajstić information content (AvgIpc) is 3.60. The Morgan fingerprint density at radius 3 is 2.60 bits per heavy atom. The molecule has 156 valence electrons. The number of nitriles is 1. The lowest BCUT2D eigenvalue weighted by atomic mass is 10.1. The Morgan fingerprint density at radius 1 is 1.17 bits per heavy atom. The van der Waals surface area contributed by atoms with E-state index in [9.17, 15) is 9.59 Å². The van der Waals surface area contributed by atoms with Crippen LogP contribution in [0.15, 0.2) is 48.5 Å². The van der Waals surface area contributed by atoms with Gasteiger partial charge in [-0.3, -0.25) is 4.79 Å². The third-order valence-electron chi connectivity index (χ3n) is 4.90. The van der Waals surface area contributed by atoms with Crippen LogP contribution in [0.25, 0.3) is 0 Å². The van der Waals surface area contributed by atoms with Crippen LogP contribution >= 0.6 is 11.8 Å². The Kier molecular flexibility index (Phi) is 7.75. The molecule has 1 atom stereocenters. The Labute approximate surface area is 181 Å². The fourth-order valence-corrected chi connectivity index (χ4v) is 3.81. The molecular formula is C23H26N4O2S. The molecule has 0 aromatic heterocycles. The lowest BCUT2D eigenvalue weighted by Gasteiger charge is -2.16. The average molecular weight is 423 g/mol. The first-order chi connectivity index (χ1) is 14.6. The topological polar surface area (TPSA) is 94.0 Å². The molecule has 3 N–H and O–H groups in total. The number of thioether (sulfide) groups is 1. The molecule has 0 radical (unpaired) electrons. The SMILES string of the molecule is CC(NC(=O)NCCSCc1ccccc1C#N)c1ccc(NC(=O)C2CC2)cc1. The Morgan fingerprint density at radius 2 is 1.90 bits per heavy atom. The summed E-state index contributed by atoms with van der Waals surface area (Å²) in [6.45, 7) is 2.47. The van der Waals surface area contributed by atoms with Gasteiger partial charge in [-0.25, -0.2) is 4.79 Å². The van der Waals surface area contributed by atoms with Crippen LogP contribution in [0, 0.1) is 17.2 Å². The number of anilines is 1. The molecule has 1 fully saturated rings. The molecule has 0 bridgehead atoms. The van der Waals surface area contributed by atoms with E-state index < -0.39 is 0 Å². The summed E-state index contributed by atoms with van der Waals surface area (Å²) >= 11 is 1.68. The number of nitrogens with zero attached hydrogens (tertiary/aromatic N) is 1. The smallest absolute Gasteiger partial charge is 0.315 e. The molecule has 1 unspecified atom stereocenters. The van der Waals surface area contributed by atoms with Crippen molar-refractivity contribution in [3.63, 3.8) is 0 Å². The van der Waals surface area contributed by atoms with Crippen LogP contribution in [0.4, 0.5) is 10.5 Å². The number of rotatable bonds is 9. The van der Waals surface area contributed by atoms with Gasteiger partial charge in [0.1, 0.15) is 0 Å². The summed E-state index contributed by atoms with van der Waals surface area (Å²) in [5.41, 5.74) is 3.46. The van der Waals surface area contributed by atoms with Crippen LogP contribution < -0.4 is 16.0 Å². The molecule has 1 saturated carbocycles. The molecule has 2 aromatic rings. The van der Waals surface area contributed by atoms with Gasteiger partial charge >= 0.3 is 6.03 Å². The number of carbonyl (C=O) groups is 2. The van der Waals surface area contributed by atoms with Crippen molar-refractivity contribution in [1.82, 2.24) is 10.6 Å². The Bertz CT molecular complexity index is 920. The van der Waals surface area contributed by atoms with Gasteiger partial charge in [0, 0.05) is 29.7 Å². The van der Waals surface area contributed by atoms with E-state index in [0.717, 1.165) is 41.2 Å². The van der Waals surface area contributed by atoms with E-state index in [1.165, 1.54) is 0 Å². The molecule has 1 aliphatic rings. The maximum atomic E-state index is 12.1. The van der Waals surface area contributed by atoms with Crippen molar-refractivity contribution in [2.45, 2.75) is 31.6 Å². The molecular weight excluding hydrogens is 396 g/mol. The van der Waals surface area contributed by atoms with Crippen LogP contribution in [-0.2, 0) is 10.5 Å². The molecule has 3 amide bonds. The van der Waals surface area contributed by atoms with Gasteiger partial charge in [-0.15, -0.1) is 0 Å². The quantitative estimate of drug-likeness (QED) is 0.528. The monoisotopic (exact) mass is 422 g/mol. The van der Waals surface area contributed by atoms with E-state index in [0.29, 0.717) is 12.1 Å². The minimum atomic E-state index is -0.216. The van der Waals surface area contributed by atoms with Gasteiger partial charge in [0.05, 0.1) is 17.7 Å². The Balaban J connectivity index is 1.35. The van der Waals surface area contributed by atoms with Gasteiger partial charge in [-0.1, -0.05) is 30.3 Å². The summed E-state index contributed by atoms with van der Waals surface area (Å²) in [5.74, 6) is 1.76. The van der Waals surface area contributed by atoms with Crippen LogP contribution in [0.1, 0.15) is 42.5 Å². The molecule has 7 heteroatoms. The highest BCUT2D eigenvalue weighted by Crippen LogP contribution is 2.30. The number of nitrogens with one attached hydrogen (secondary N) is 3. The summed E-state index contributed by atoms with van der Waals surface area (Å²) in [7, 11) is 0. The highest BCUT2D eigenvalue weighted by molar-refractivity contribution is 7.98. The van der Waals surface area contributed by atoms with E-state index >= 15 is 0 Å². The van der Waals surface area contributed by atoms with E-state index in [2.05, 4.69) is 22.0 Å². The zero-order chi connectivity index (χ0) is 21.3. The maximum Gasteiger partial charge on any atom is 0.315 e. The fourth-order valence-electron chi connectivity index (χ4n) is 2.95. The molecule has 0 heterocycles. The number of hydrogen-bond donors (Lipinski definition) is 3. The first-order valence-corrected chi connectivity index (χ1v) is 11.2. The van der Waals surface area contributed by atoms with Crippen molar-refractivity contribution in [3.8, 4) is 6.07 Å². The molecule has 2 aromatic carbocycles. The highest BCUT2D eigenvalue weighted by Gasteiger charge is 2.29. The van der Waals surface area contributed by atoms with Crippen LogP contribution in [-0.4, -0.2) is 24.2 Å². The zero-order valence-electron chi connectivity index (χ0n) is 17.0. The highest BCUT2D eigenvalue weighted by atomic mass is 32.2. The summed E-state index contributed by atoms with van der Waals surface area (Å²) in [4.78, 5) is 23.9. The number of hydrogen-bond acceptors (Lipinski definition) is 4. The van der Waals surface area contributed by atoms with Gasteiger partial charge in [-0.2, -0.15) is 17.0 Å². The van der Waals surface area contributed by atoms with Crippen molar-refractivity contribution >= 4 is 29.4 Å². The number of carbonyl (C=O) groups excluding carboxylic acids is 2. The first kappa shape index (κ1) is 21.7. The predicted octanol–water partition coefficient (Wildman–Crippen LogP) is 4.20. The zero-order valence-corrected chi connectivity index (χ0v) is 17.8. The third kappa shape index (κ3) is 6.53. The maximum absolute atomic E-state index is 12.1. The number of benzene rings is 2. The molecule has 0 saturated heterocycles. The van der Waals surface area contributed by atoms with Crippen molar-refractivity contribution in [3.05, 3.63) is 65.2 Å². The van der Waals surface area contributed by atoms with Crippen LogP contribution in [0.2, 0.25) is 0 Å². The second kappa shape index (κ2) is 10.7. The second-order valence-electron chi connectivity index (χ2n) is 7.33. The van der Waals surface area contributed by atoms with Crippen LogP contribution in [0.3, 0.4) is 0 Å². The van der Waals surface area contributed by atoms with E-state index in [1.807, 2.05) is 55.5 Å². The normalized spacial score (nSPS) is 13.7. The third-order valence-corrected chi connectivity index (χ3v) is 5.91. The van der Waals surface area contributed by atoms with Crippen molar-refractivity contribution in [2.75, 3.05) is 17.6 Å². The second-order valence-corrected chi connectivity index (χ2v) is 8.43. The molecule has 6 nitrogen and oxygen atoms in total. The van der Waals surface area contributed by atoms with Gasteiger partial charge in [0.15, 0.2) is 0 Å². The molecule has 3 rings (SSSR count). The van der Waals surface area contributed by atoms with Crippen molar-refractivity contribution in [1.29, 1.82) is 5.26 Å². The number of urea groups is 1. The number of amides is 3. The first-order valence-electron chi connectivity index (χ1n) is 10.1. The standard InChI is InChI=1S/C23H26N4O2S/c1-16(17-8-10-21(11-9-17)27-22(28)18-6-7-18)26-23(29)25-12-13-30-15-20-5-3-2-4-19(20)14-24/h2-5,8-11,16,18H,6-7,12-13,15H2,1H3,(H,27,28)(H2,25,26,29). The predicted molar refractivity (Wildman–Crippen MR) is 120 cm³/mol. The van der Waals surface area contributed by atoms with Gasteiger partial charge in [0.25, 0.3) is 0 Å². The van der Waals surface area contributed by atoms with Crippen molar-refractivity contribution < 1.29 is 9.59 Å².